The van der Waals surface area contributed by atoms with Crippen LogP contribution in [0.2, 0.25) is 0 Å². The van der Waals surface area contributed by atoms with E-state index in [0.717, 1.165) is 18.5 Å². The van der Waals surface area contributed by atoms with Gasteiger partial charge in [0.2, 0.25) is 5.78 Å². The van der Waals surface area contributed by atoms with Crippen LogP contribution in [0.5, 0.6) is 0 Å². The zero-order valence-corrected chi connectivity index (χ0v) is 17.5. The van der Waals surface area contributed by atoms with Crippen molar-refractivity contribution in [1.82, 2.24) is 9.61 Å². The molecule has 0 amide bonds. The SMILES string of the molecule is CCCCc1cc2cc(F)ccc2c2c(C(=O)OCC)c(C(=O)c3ccccc3)nn12. The summed E-state index contributed by atoms with van der Waals surface area (Å²) in [6.45, 7) is 3.95. The molecular formula is C25H23FN2O3. The Hall–Kier alpha value is -3.54. The second-order valence-corrected chi connectivity index (χ2v) is 7.37. The van der Waals surface area contributed by atoms with E-state index in [9.17, 15) is 14.0 Å². The van der Waals surface area contributed by atoms with Crippen molar-refractivity contribution in [3.63, 3.8) is 0 Å². The minimum Gasteiger partial charge on any atom is -0.462 e. The van der Waals surface area contributed by atoms with Crippen molar-refractivity contribution >= 4 is 28.0 Å². The second kappa shape index (κ2) is 8.68. The molecule has 2 aromatic heterocycles. The van der Waals surface area contributed by atoms with Gasteiger partial charge >= 0.3 is 5.97 Å². The molecule has 2 aromatic carbocycles. The third-order valence-corrected chi connectivity index (χ3v) is 5.27. The van der Waals surface area contributed by atoms with Crippen LogP contribution >= 0.6 is 0 Å². The number of fused-ring (bicyclic) bond motifs is 3. The lowest BCUT2D eigenvalue weighted by atomic mass is 10.0. The summed E-state index contributed by atoms with van der Waals surface area (Å²) in [5.74, 6) is -1.34. The number of carbonyl (C=O) groups is 2. The third kappa shape index (κ3) is 3.81. The summed E-state index contributed by atoms with van der Waals surface area (Å²) in [5.41, 5.74) is 1.88. The van der Waals surface area contributed by atoms with Crippen molar-refractivity contribution in [2.45, 2.75) is 33.1 Å². The van der Waals surface area contributed by atoms with Crippen molar-refractivity contribution in [2.24, 2.45) is 0 Å². The van der Waals surface area contributed by atoms with Gasteiger partial charge in [-0.2, -0.15) is 5.10 Å². The minimum absolute atomic E-state index is 0.0409. The van der Waals surface area contributed by atoms with Crippen LogP contribution < -0.4 is 0 Å². The van der Waals surface area contributed by atoms with Gasteiger partial charge in [0.25, 0.3) is 0 Å². The normalized spacial score (nSPS) is 11.2. The fourth-order valence-corrected chi connectivity index (χ4v) is 3.80. The van der Waals surface area contributed by atoms with Crippen molar-refractivity contribution in [1.29, 1.82) is 0 Å². The molecule has 0 fully saturated rings. The summed E-state index contributed by atoms with van der Waals surface area (Å²) >= 11 is 0. The van der Waals surface area contributed by atoms with E-state index in [2.05, 4.69) is 12.0 Å². The maximum atomic E-state index is 14.0. The van der Waals surface area contributed by atoms with Crippen LogP contribution in [0.15, 0.2) is 54.6 Å². The number of ketones is 1. The lowest BCUT2D eigenvalue weighted by molar-refractivity contribution is 0.0526. The summed E-state index contributed by atoms with van der Waals surface area (Å²) in [4.78, 5) is 26.3. The maximum absolute atomic E-state index is 14.0. The highest BCUT2D eigenvalue weighted by atomic mass is 19.1. The van der Waals surface area contributed by atoms with Crippen LogP contribution in [-0.2, 0) is 11.2 Å². The predicted molar refractivity (Wildman–Crippen MR) is 117 cm³/mol. The van der Waals surface area contributed by atoms with Gasteiger partial charge in [-0.25, -0.2) is 13.7 Å². The van der Waals surface area contributed by atoms with Gasteiger partial charge in [0, 0.05) is 16.6 Å². The molecule has 0 radical (unpaired) electrons. The van der Waals surface area contributed by atoms with Gasteiger partial charge < -0.3 is 4.74 Å². The van der Waals surface area contributed by atoms with Gasteiger partial charge in [-0.1, -0.05) is 43.7 Å². The highest BCUT2D eigenvalue weighted by molar-refractivity contribution is 6.18. The number of aryl methyl sites for hydroxylation is 1. The zero-order valence-electron chi connectivity index (χ0n) is 17.5. The molecule has 0 saturated carbocycles. The smallest absolute Gasteiger partial charge is 0.342 e. The molecule has 0 bridgehead atoms. The lowest BCUT2D eigenvalue weighted by Gasteiger charge is -2.09. The van der Waals surface area contributed by atoms with Gasteiger partial charge in [-0.15, -0.1) is 0 Å². The molecule has 5 nitrogen and oxygen atoms in total. The lowest BCUT2D eigenvalue weighted by Crippen LogP contribution is -2.12. The van der Waals surface area contributed by atoms with Crippen molar-refractivity contribution in [3.05, 3.63) is 82.9 Å². The molecule has 0 unspecified atom stereocenters. The van der Waals surface area contributed by atoms with Gasteiger partial charge in [-0.3, -0.25) is 4.79 Å². The average molecular weight is 418 g/mol. The Morgan fingerprint density at radius 2 is 1.84 bits per heavy atom. The van der Waals surface area contributed by atoms with Gasteiger partial charge in [-0.05, 0) is 49.4 Å². The molecule has 158 valence electrons. The number of aromatic nitrogens is 2. The number of pyridine rings is 1. The standard InChI is InChI=1S/C25H23FN2O3/c1-3-5-11-19-15-17-14-18(26)12-13-20(17)23-21(25(30)31-4-2)22(27-28(19)23)24(29)16-9-7-6-8-10-16/h6-10,12-15H,3-5,11H2,1-2H3. The van der Waals surface area contributed by atoms with Crippen LogP contribution in [0.3, 0.4) is 0 Å². The summed E-state index contributed by atoms with van der Waals surface area (Å²) in [7, 11) is 0. The molecule has 4 aromatic rings. The number of hydrogen-bond donors (Lipinski definition) is 0. The Morgan fingerprint density at radius 3 is 2.55 bits per heavy atom. The molecule has 0 aliphatic carbocycles. The zero-order chi connectivity index (χ0) is 22.0. The Morgan fingerprint density at radius 1 is 1.06 bits per heavy atom. The summed E-state index contributed by atoms with van der Waals surface area (Å²) in [6.07, 6.45) is 2.54. The van der Waals surface area contributed by atoms with E-state index >= 15 is 0 Å². The van der Waals surface area contributed by atoms with Crippen LogP contribution in [0.4, 0.5) is 4.39 Å². The first-order valence-corrected chi connectivity index (χ1v) is 10.5. The number of halogens is 1. The van der Waals surface area contributed by atoms with Crippen LogP contribution in [0.25, 0.3) is 16.3 Å². The van der Waals surface area contributed by atoms with Gasteiger partial charge in [0.1, 0.15) is 17.1 Å². The Kier molecular flexibility index (Phi) is 5.80. The van der Waals surface area contributed by atoms with E-state index in [1.807, 2.05) is 12.1 Å². The number of esters is 1. The molecule has 6 heteroatoms. The minimum atomic E-state index is -0.616. The molecule has 0 spiro atoms. The van der Waals surface area contributed by atoms with Crippen molar-refractivity contribution in [2.75, 3.05) is 6.61 Å². The Balaban J connectivity index is 2.08. The fourth-order valence-electron chi connectivity index (χ4n) is 3.80. The van der Waals surface area contributed by atoms with E-state index in [-0.39, 0.29) is 29.5 Å². The first-order valence-electron chi connectivity index (χ1n) is 10.5. The van der Waals surface area contributed by atoms with E-state index in [1.165, 1.54) is 12.1 Å². The molecule has 0 saturated heterocycles. The molecule has 0 aliphatic heterocycles. The van der Waals surface area contributed by atoms with Gasteiger partial charge in [0.15, 0.2) is 0 Å². The Bertz CT molecular complexity index is 1280. The van der Waals surface area contributed by atoms with Gasteiger partial charge in [0.05, 0.1) is 12.1 Å². The quantitative estimate of drug-likeness (QED) is 0.299. The topological polar surface area (TPSA) is 60.7 Å². The number of nitrogens with zero attached hydrogens (tertiary/aromatic N) is 2. The number of carbonyl (C=O) groups excluding carboxylic acids is 2. The predicted octanol–water partition coefficient (Wildman–Crippen LogP) is 5.38. The molecule has 31 heavy (non-hydrogen) atoms. The van der Waals surface area contributed by atoms with Crippen LogP contribution in [0, 0.1) is 5.82 Å². The van der Waals surface area contributed by atoms with Crippen LogP contribution in [-0.4, -0.2) is 28.0 Å². The van der Waals surface area contributed by atoms with E-state index in [4.69, 9.17) is 4.74 Å². The van der Waals surface area contributed by atoms with Crippen molar-refractivity contribution < 1.29 is 18.7 Å². The highest BCUT2D eigenvalue weighted by Crippen LogP contribution is 2.30. The summed E-state index contributed by atoms with van der Waals surface area (Å²) < 4.78 is 20.9. The first-order chi connectivity index (χ1) is 15.0. The van der Waals surface area contributed by atoms with Crippen molar-refractivity contribution in [3.8, 4) is 0 Å². The summed E-state index contributed by atoms with van der Waals surface area (Å²) in [6, 6.07) is 15.0. The largest absolute Gasteiger partial charge is 0.462 e. The van der Waals surface area contributed by atoms with E-state index < -0.39 is 5.97 Å². The summed E-state index contributed by atoms with van der Waals surface area (Å²) in [5, 5.41) is 5.89. The number of hydrogen-bond acceptors (Lipinski definition) is 4. The molecule has 4 rings (SSSR count). The number of benzene rings is 2. The molecular weight excluding hydrogens is 395 g/mol. The molecule has 2 heterocycles. The third-order valence-electron chi connectivity index (χ3n) is 5.27. The molecule has 0 N–H and O–H groups in total. The number of rotatable bonds is 7. The van der Waals surface area contributed by atoms with E-state index in [1.54, 1.807) is 41.8 Å². The van der Waals surface area contributed by atoms with Crippen LogP contribution in [0.1, 0.15) is 58.8 Å². The first kappa shape index (κ1) is 20.7. The Labute approximate surface area is 179 Å². The fraction of sp³-hybridized carbons (Fsp3) is 0.240. The highest BCUT2D eigenvalue weighted by Gasteiger charge is 2.29. The molecule has 0 aliphatic rings. The average Bonchev–Trinajstić information content (AvgIpc) is 3.18. The monoisotopic (exact) mass is 418 g/mol. The number of ether oxygens (including phenoxy) is 1. The number of unbranched alkanes of at least 4 members (excludes halogenated alkanes) is 1. The van der Waals surface area contributed by atoms with E-state index in [0.29, 0.717) is 28.3 Å². The second-order valence-electron chi connectivity index (χ2n) is 7.37. The molecule has 0 atom stereocenters. The maximum Gasteiger partial charge on any atom is 0.342 e.